The maximum absolute atomic E-state index is 10.2. The number of hydrogen-bond donors (Lipinski definition) is 1. The first-order chi connectivity index (χ1) is 11.8. The highest BCUT2D eigenvalue weighted by molar-refractivity contribution is 5.80. The molecule has 0 atom stereocenters. The quantitative estimate of drug-likeness (QED) is 0.204. The van der Waals surface area contributed by atoms with Gasteiger partial charge in [0.25, 0.3) is 0 Å². The van der Waals surface area contributed by atoms with Crippen LogP contribution in [0.25, 0.3) is 0 Å². The van der Waals surface area contributed by atoms with E-state index in [0.29, 0.717) is 0 Å². The van der Waals surface area contributed by atoms with Crippen molar-refractivity contribution in [2.45, 2.75) is 71.1 Å². The molecule has 0 heterocycles. The molecule has 0 spiro atoms. The molecule has 0 radical (unpaired) electrons. The minimum atomic E-state index is -0.930. The average Bonchev–Trinajstić information content (AvgIpc) is 2.56. The van der Waals surface area contributed by atoms with Gasteiger partial charge < -0.3 is 5.11 Å². The van der Waals surface area contributed by atoms with Crippen molar-refractivity contribution in [3.8, 4) is 0 Å². The van der Waals surface area contributed by atoms with Gasteiger partial charge in [0, 0.05) is 6.08 Å². The molecule has 0 bridgehead atoms. The number of allylic oxidation sites excluding steroid dienone is 9. The van der Waals surface area contributed by atoms with Crippen LogP contribution in [0.4, 0.5) is 0 Å². The Morgan fingerprint density at radius 3 is 1.67 bits per heavy atom. The van der Waals surface area contributed by atoms with Crippen LogP contribution in [0.1, 0.15) is 71.1 Å². The SMILES string of the molecule is CCCCCCCCCCCC=CC=CC=C/C=C/C=C/C(=O)O. The van der Waals surface area contributed by atoms with E-state index >= 15 is 0 Å². The molecule has 0 aliphatic heterocycles. The molecule has 134 valence electrons. The van der Waals surface area contributed by atoms with Crippen LogP contribution < -0.4 is 0 Å². The Bertz CT molecular complexity index is 425. The number of aliphatic carboxylic acids is 1. The summed E-state index contributed by atoms with van der Waals surface area (Å²) in [6.07, 6.45) is 31.7. The van der Waals surface area contributed by atoms with Crippen molar-refractivity contribution < 1.29 is 9.90 Å². The summed E-state index contributed by atoms with van der Waals surface area (Å²) in [7, 11) is 0. The van der Waals surface area contributed by atoms with Crippen LogP contribution in [0.15, 0.2) is 60.8 Å². The Kier molecular flexibility index (Phi) is 17.8. The van der Waals surface area contributed by atoms with Crippen LogP contribution in [0, 0.1) is 0 Å². The van der Waals surface area contributed by atoms with E-state index in [1.54, 1.807) is 12.2 Å². The van der Waals surface area contributed by atoms with Gasteiger partial charge in [-0.1, -0.05) is 113 Å². The third kappa shape index (κ3) is 20.2. The maximum Gasteiger partial charge on any atom is 0.328 e. The standard InChI is InChI=1S/C22H34O2/c1-2-3-4-5-6-7-8-9-10-11-12-13-14-15-16-17-18-19-20-21-22(23)24/h12-21H,2-11H2,1H3,(H,23,24)/b13-12?,15-14?,17-16?,19-18+,21-20+. The highest BCUT2D eigenvalue weighted by Crippen LogP contribution is 2.10. The van der Waals surface area contributed by atoms with Crippen LogP contribution in [0.3, 0.4) is 0 Å². The third-order valence-electron chi connectivity index (χ3n) is 3.63. The first kappa shape index (κ1) is 22.2. The monoisotopic (exact) mass is 330 g/mol. The van der Waals surface area contributed by atoms with Crippen LogP contribution >= 0.6 is 0 Å². The molecular formula is C22H34O2. The van der Waals surface area contributed by atoms with Crippen LogP contribution in [0.2, 0.25) is 0 Å². The molecule has 0 aliphatic rings. The first-order valence-electron chi connectivity index (χ1n) is 9.33. The summed E-state index contributed by atoms with van der Waals surface area (Å²) in [4.78, 5) is 10.2. The van der Waals surface area contributed by atoms with Crippen molar-refractivity contribution in [3.63, 3.8) is 0 Å². The van der Waals surface area contributed by atoms with Crippen LogP contribution in [-0.2, 0) is 4.79 Å². The molecule has 24 heavy (non-hydrogen) atoms. The van der Waals surface area contributed by atoms with E-state index in [-0.39, 0.29) is 0 Å². The average molecular weight is 331 g/mol. The van der Waals surface area contributed by atoms with Crippen molar-refractivity contribution in [1.29, 1.82) is 0 Å². The molecule has 0 aliphatic carbocycles. The molecule has 0 aromatic rings. The second-order valence-corrected chi connectivity index (χ2v) is 5.90. The van der Waals surface area contributed by atoms with E-state index in [4.69, 9.17) is 5.11 Å². The zero-order valence-electron chi connectivity index (χ0n) is 15.2. The van der Waals surface area contributed by atoms with E-state index < -0.39 is 5.97 Å². The van der Waals surface area contributed by atoms with Gasteiger partial charge in [0.1, 0.15) is 0 Å². The minimum Gasteiger partial charge on any atom is -0.478 e. The number of hydrogen-bond acceptors (Lipinski definition) is 1. The van der Waals surface area contributed by atoms with Crippen LogP contribution in [-0.4, -0.2) is 11.1 Å². The number of unbranched alkanes of at least 4 members (excludes halogenated alkanes) is 9. The summed E-state index contributed by atoms with van der Waals surface area (Å²) in [5, 5.41) is 8.40. The summed E-state index contributed by atoms with van der Waals surface area (Å²) in [6.45, 7) is 2.26. The lowest BCUT2D eigenvalue weighted by Crippen LogP contribution is -1.84. The van der Waals surface area contributed by atoms with Gasteiger partial charge >= 0.3 is 5.97 Å². The predicted molar refractivity (Wildman–Crippen MR) is 105 cm³/mol. The van der Waals surface area contributed by atoms with Crippen molar-refractivity contribution in [2.75, 3.05) is 0 Å². The Labute approximate surface area is 148 Å². The molecule has 0 aromatic carbocycles. The topological polar surface area (TPSA) is 37.3 Å². The number of carbonyl (C=O) groups is 1. The van der Waals surface area contributed by atoms with Gasteiger partial charge in [-0.15, -0.1) is 0 Å². The number of rotatable bonds is 15. The smallest absolute Gasteiger partial charge is 0.328 e. The largest absolute Gasteiger partial charge is 0.478 e. The highest BCUT2D eigenvalue weighted by atomic mass is 16.4. The Morgan fingerprint density at radius 2 is 1.12 bits per heavy atom. The summed E-state index contributed by atoms with van der Waals surface area (Å²) in [5.74, 6) is -0.930. The van der Waals surface area contributed by atoms with Gasteiger partial charge in [-0.25, -0.2) is 4.79 Å². The fraction of sp³-hybridized carbons (Fsp3) is 0.500. The molecule has 0 saturated heterocycles. The Balaban J connectivity index is 3.44. The molecule has 1 N–H and O–H groups in total. The second-order valence-electron chi connectivity index (χ2n) is 5.90. The molecule has 0 rings (SSSR count). The predicted octanol–water partition coefficient (Wildman–Crippen LogP) is 6.77. The van der Waals surface area contributed by atoms with Gasteiger partial charge in [-0.2, -0.15) is 0 Å². The number of carboxylic acid groups (broad SMARTS) is 1. The third-order valence-corrected chi connectivity index (χ3v) is 3.63. The van der Waals surface area contributed by atoms with Crippen molar-refractivity contribution in [1.82, 2.24) is 0 Å². The molecule has 0 saturated carbocycles. The fourth-order valence-corrected chi connectivity index (χ4v) is 2.27. The minimum absolute atomic E-state index is 0.930. The van der Waals surface area contributed by atoms with Crippen LogP contribution in [0.5, 0.6) is 0 Å². The zero-order valence-corrected chi connectivity index (χ0v) is 15.2. The molecule has 0 unspecified atom stereocenters. The molecule has 0 fully saturated rings. The Hall–Kier alpha value is -1.83. The zero-order chi connectivity index (χ0) is 17.7. The van der Waals surface area contributed by atoms with E-state index in [1.165, 1.54) is 63.9 Å². The molecule has 0 aromatic heterocycles. The molecule has 2 nitrogen and oxygen atoms in total. The van der Waals surface area contributed by atoms with E-state index in [1.807, 2.05) is 24.3 Å². The lowest BCUT2D eigenvalue weighted by Gasteiger charge is -2.00. The summed E-state index contributed by atoms with van der Waals surface area (Å²) in [5.41, 5.74) is 0. The molecule has 2 heteroatoms. The lowest BCUT2D eigenvalue weighted by molar-refractivity contribution is -0.131. The van der Waals surface area contributed by atoms with Gasteiger partial charge in [-0.05, 0) is 12.8 Å². The summed E-state index contributed by atoms with van der Waals surface area (Å²) < 4.78 is 0. The Morgan fingerprint density at radius 1 is 0.667 bits per heavy atom. The second kappa shape index (κ2) is 19.2. The van der Waals surface area contributed by atoms with E-state index in [0.717, 1.165) is 12.5 Å². The normalized spacial score (nSPS) is 12.7. The highest BCUT2D eigenvalue weighted by Gasteiger charge is 1.90. The molecular weight excluding hydrogens is 296 g/mol. The van der Waals surface area contributed by atoms with Gasteiger partial charge in [-0.3, -0.25) is 0 Å². The summed E-state index contributed by atoms with van der Waals surface area (Å²) >= 11 is 0. The van der Waals surface area contributed by atoms with Crippen molar-refractivity contribution in [2.24, 2.45) is 0 Å². The summed E-state index contributed by atoms with van der Waals surface area (Å²) in [6, 6.07) is 0. The first-order valence-corrected chi connectivity index (χ1v) is 9.33. The van der Waals surface area contributed by atoms with Gasteiger partial charge in [0.15, 0.2) is 0 Å². The van der Waals surface area contributed by atoms with E-state index in [2.05, 4.69) is 19.1 Å². The lowest BCUT2D eigenvalue weighted by atomic mass is 10.1. The van der Waals surface area contributed by atoms with Gasteiger partial charge in [0.2, 0.25) is 0 Å². The number of carboxylic acids is 1. The molecule has 0 amide bonds. The van der Waals surface area contributed by atoms with Crippen molar-refractivity contribution in [3.05, 3.63) is 60.8 Å². The fourth-order valence-electron chi connectivity index (χ4n) is 2.27. The maximum atomic E-state index is 10.2. The van der Waals surface area contributed by atoms with E-state index in [9.17, 15) is 4.79 Å². The van der Waals surface area contributed by atoms with Gasteiger partial charge in [0.05, 0.1) is 0 Å². The van der Waals surface area contributed by atoms with Crippen molar-refractivity contribution >= 4 is 5.97 Å².